The van der Waals surface area contributed by atoms with Crippen LogP contribution >= 0.6 is 0 Å². The predicted molar refractivity (Wildman–Crippen MR) is 211 cm³/mol. The molecular formula is C46H51IrNO2. The second-order valence-corrected chi connectivity index (χ2v) is 13.4. The first-order valence-electron chi connectivity index (χ1n) is 18.0. The van der Waals surface area contributed by atoms with E-state index in [9.17, 15) is 9.90 Å². The number of aliphatic hydroxyl groups excluding tert-OH is 1. The summed E-state index contributed by atoms with van der Waals surface area (Å²) in [7, 11) is 0. The van der Waals surface area contributed by atoms with Crippen molar-refractivity contribution in [2.45, 2.75) is 80.1 Å². The predicted octanol–water partition coefficient (Wildman–Crippen LogP) is 13.0. The second kappa shape index (κ2) is 17.7. The van der Waals surface area contributed by atoms with Crippen molar-refractivity contribution >= 4 is 38.1 Å². The fourth-order valence-electron chi connectivity index (χ4n) is 7.01. The normalized spacial score (nSPS) is 11.7. The summed E-state index contributed by atoms with van der Waals surface area (Å²) >= 11 is 0. The number of benzene rings is 5. The van der Waals surface area contributed by atoms with E-state index in [0.717, 1.165) is 42.5 Å². The van der Waals surface area contributed by atoms with E-state index in [-0.39, 0.29) is 31.9 Å². The minimum absolute atomic E-state index is 0. The summed E-state index contributed by atoms with van der Waals surface area (Å²) in [6, 6.07) is 36.3. The third kappa shape index (κ3) is 8.43. The van der Waals surface area contributed by atoms with E-state index in [2.05, 4.69) is 118 Å². The van der Waals surface area contributed by atoms with Gasteiger partial charge in [-0.3, -0.25) is 4.79 Å². The molecule has 50 heavy (non-hydrogen) atoms. The number of aliphatic hydroxyl groups is 1. The van der Waals surface area contributed by atoms with Crippen LogP contribution in [0, 0.1) is 24.8 Å². The van der Waals surface area contributed by atoms with Crippen LogP contribution in [-0.2, 0) is 20.1 Å². The Balaban J connectivity index is 0.000000301. The van der Waals surface area contributed by atoms with Gasteiger partial charge in [-0.1, -0.05) is 121 Å². The van der Waals surface area contributed by atoms with Crippen LogP contribution in [0.5, 0.6) is 0 Å². The van der Waals surface area contributed by atoms with E-state index >= 15 is 0 Å². The molecule has 0 saturated heterocycles. The van der Waals surface area contributed by atoms with Gasteiger partial charge in [0.1, 0.15) is 5.76 Å². The zero-order valence-corrected chi connectivity index (χ0v) is 32.9. The maximum atomic E-state index is 9.80. The average Bonchev–Trinajstić information content (AvgIpc) is 3.12. The monoisotopic (exact) mass is 842 g/mol. The van der Waals surface area contributed by atoms with Gasteiger partial charge in [0.15, 0.2) is 0 Å². The second-order valence-electron chi connectivity index (χ2n) is 13.4. The SMILES string of the molecule is CCC(CC)C(=[OH+])/C=C(\O)C(CC)CC.Cc1[c-]c(-c2nccc3c2ccc2c4ccccc4cc(C(C)C)c32)cc(-c2ccccc2)c1.[Ir]. The zero-order valence-electron chi connectivity index (χ0n) is 30.6. The minimum Gasteiger partial charge on any atom is -0.512 e. The van der Waals surface area contributed by atoms with Gasteiger partial charge in [0.2, 0.25) is 0 Å². The fraction of sp³-hybridized carbons (Fsp3) is 0.304. The molecule has 0 aliphatic carbocycles. The largest absolute Gasteiger partial charge is 0.512 e. The van der Waals surface area contributed by atoms with Gasteiger partial charge in [-0.2, -0.15) is 0 Å². The average molecular weight is 842 g/mol. The summed E-state index contributed by atoms with van der Waals surface area (Å²) in [6.45, 7) is 14.9. The Bertz CT molecular complexity index is 2090. The summed E-state index contributed by atoms with van der Waals surface area (Å²) in [5.41, 5.74) is 6.93. The number of carbonyl (C=O) groups excluding carboxylic acids is 1. The summed E-state index contributed by atoms with van der Waals surface area (Å²) in [4.78, 5) is 14.7. The maximum absolute atomic E-state index is 9.80. The van der Waals surface area contributed by atoms with E-state index in [1.54, 1.807) is 6.08 Å². The molecule has 0 fully saturated rings. The van der Waals surface area contributed by atoms with Crippen LogP contribution in [0.4, 0.5) is 0 Å². The summed E-state index contributed by atoms with van der Waals surface area (Å²) in [5.74, 6) is 1.43. The Morgan fingerprint density at radius 3 is 2.02 bits per heavy atom. The first-order chi connectivity index (χ1) is 23.7. The van der Waals surface area contributed by atoms with Crippen LogP contribution in [0.15, 0.2) is 109 Å². The molecule has 0 atom stereocenters. The Hall–Kier alpha value is -4.11. The van der Waals surface area contributed by atoms with Crippen LogP contribution in [0.25, 0.3) is 54.7 Å². The first-order valence-corrected chi connectivity index (χ1v) is 18.0. The Kier molecular flexibility index (Phi) is 13.7. The molecular weight excluding hydrogens is 791 g/mol. The number of hydrogen-bond donors (Lipinski definition) is 1. The zero-order chi connectivity index (χ0) is 35.1. The quantitative estimate of drug-likeness (QED) is 0.0491. The van der Waals surface area contributed by atoms with E-state index in [4.69, 9.17) is 4.98 Å². The third-order valence-electron chi connectivity index (χ3n) is 9.89. The van der Waals surface area contributed by atoms with Crippen molar-refractivity contribution in [1.82, 2.24) is 4.98 Å². The first kappa shape index (κ1) is 38.7. The number of rotatable bonds is 10. The molecule has 4 heteroatoms. The molecule has 1 aromatic heterocycles. The van der Waals surface area contributed by atoms with Crippen molar-refractivity contribution in [1.29, 1.82) is 0 Å². The molecule has 3 nitrogen and oxygen atoms in total. The van der Waals surface area contributed by atoms with E-state index in [0.29, 0.717) is 17.5 Å². The van der Waals surface area contributed by atoms with Gasteiger partial charge in [0, 0.05) is 32.2 Å². The maximum Gasteiger partial charge on any atom is 0.322 e. The number of aryl methyl sites for hydroxylation is 1. The van der Waals surface area contributed by atoms with Gasteiger partial charge in [-0.05, 0) is 86.8 Å². The van der Waals surface area contributed by atoms with Crippen LogP contribution in [0.1, 0.15) is 84.3 Å². The molecule has 1 heterocycles. The Morgan fingerprint density at radius 2 is 1.36 bits per heavy atom. The fourth-order valence-corrected chi connectivity index (χ4v) is 7.01. The van der Waals surface area contributed by atoms with Crippen LogP contribution in [0.2, 0.25) is 0 Å². The van der Waals surface area contributed by atoms with Gasteiger partial charge >= 0.3 is 5.78 Å². The molecule has 0 amide bonds. The number of hydrogen-bond acceptors (Lipinski definition) is 2. The molecule has 6 rings (SSSR count). The summed E-state index contributed by atoms with van der Waals surface area (Å²) in [6.07, 6.45) is 7.15. The Morgan fingerprint density at radius 1 is 0.740 bits per heavy atom. The molecule has 0 bridgehead atoms. The summed E-state index contributed by atoms with van der Waals surface area (Å²) < 4.78 is 0. The molecule has 1 radical (unpaired) electrons. The number of ketones is 1. The van der Waals surface area contributed by atoms with Gasteiger partial charge in [-0.25, -0.2) is 0 Å². The number of nitrogens with zero attached hydrogens (tertiary/aromatic N) is 1. The van der Waals surface area contributed by atoms with Crippen molar-refractivity contribution in [2.75, 3.05) is 0 Å². The van der Waals surface area contributed by atoms with Gasteiger partial charge < -0.3 is 10.1 Å². The topological polar surface area (TPSA) is 54.5 Å². The van der Waals surface area contributed by atoms with Crippen molar-refractivity contribution in [3.05, 3.63) is 126 Å². The van der Waals surface area contributed by atoms with Gasteiger partial charge in [-0.15, -0.1) is 34.9 Å². The van der Waals surface area contributed by atoms with Gasteiger partial charge in [0.05, 0.1) is 12.0 Å². The van der Waals surface area contributed by atoms with Crippen molar-refractivity contribution in [2.24, 2.45) is 11.8 Å². The molecule has 5 aromatic carbocycles. The van der Waals surface area contributed by atoms with Crippen molar-refractivity contribution < 1.29 is 30.0 Å². The molecule has 261 valence electrons. The van der Waals surface area contributed by atoms with Crippen LogP contribution < -0.4 is 0 Å². The number of allylic oxidation sites excluding steroid dienone is 2. The molecule has 0 spiro atoms. The minimum atomic E-state index is 0. The standard InChI is InChI=1S/C33H26N.C13H24O2.Ir/c1-21(2)31-20-24-11-7-8-12-27(24)28-13-14-30-29(32(28)31)15-16-34-33(30)26-18-22(3)17-25(19-26)23-9-5-4-6-10-23;1-5-10(6-2)12(14)9-13(15)11(7-3)8-4;/h4-17,19-21H,1-3H3;9-11,14H,5-8H2,1-4H3;/q-1;;/p+1/b;12-9-;. The van der Waals surface area contributed by atoms with Crippen molar-refractivity contribution in [3.8, 4) is 22.4 Å². The number of aromatic nitrogens is 1. The van der Waals surface area contributed by atoms with Crippen LogP contribution in [-0.4, -0.2) is 20.7 Å². The van der Waals surface area contributed by atoms with Crippen LogP contribution in [0.3, 0.4) is 0 Å². The van der Waals surface area contributed by atoms with E-state index in [1.165, 1.54) is 49.0 Å². The smallest absolute Gasteiger partial charge is 0.322 e. The number of fused-ring (bicyclic) bond motifs is 5. The molecule has 6 aromatic rings. The molecule has 0 aliphatic rings. The number of pyridine rings is 1. The molecule has 0 saturated carbocycles. The molecule has 0 aliphatic heterocycles. The van der Waals surface area contributed by atoms with Crippen molar-refractivity contribution in [3.63, 3.8) is 0 Å². The molecule has 0 unspecified atom stereocenters. The summed E-state index contributed by atoms with van der Waals surface area (Å²) in [5, 5.41) is 17.5. The van der Waals surface area contributed by atoms with E-state index < -0.39 is 0 Å². The van der Waals surface area contributed by atoms with Gasteiger partial charge in [0.25, 0.3) is 0 Å². The molecule has 2 N–H and O–H groups in total. The Labute approximate surface area is 312 Å². The third-order valence-corrected chi connectivity index (χ3v) is 9.89. The van der Waals surface area contributed by atoms with E-state index in [1.807, 2.05) is 33.9 Å².